The van der Waals surface area contributed by atoms with Gasteiger partial charge in [-0.2, -0.15) is 5.10 Å². The van der Waals surface area contributed by atoms with Crippen LogP contribution >= 0.6 is 11.8 Å². The molecule has 2 heterocycles. The van der Waals surface area contributed by atoms with Crippen LogP contribution in [0.25, 0.3) is 0 Å². The van der Waals surface area contributed by atoms with E-state index in [-0.39, 0.29) is 11.2 Å². The van der Waals surface area contributed by atoms with Crippen LogP contribution in [0.1, 0.15) is 35.4 Å². The van der Waals surface area contributed by atoms with Crippen molar-refractivity contribution in [3.8, 4) is 5.75 Å². The third-order valence-corrected chi connectivity index (χ3v) is 4.81. The Bertz CT molecular complexity index is 684. The Kier molecular flexibility index (Phi) is 4.38. The highest BCUT2D eigenvalue weighted by Gasteiger charge is 2.29. The molecule has 1 amide bonds. The zero-order chi connectivity index (χ0) is 15.5. The number of aryl methyl sites for hydroxylation is 1. The van der Waals surface area contributed by atoms with Gasteiger partial charge in [0, 0.05) is 16.8 Å². The summed E-state index contributed by atoms with van der Waals surface area (Å²) < 4.78 is 5.89. The van der Waals surface area contributed by atoms with Crippen LogP contribution in [0.15, 0.2) is 24.3 Å². The van der Waals surface area contributed by atoms with Crippen molar-refractivity contribution < 1.29 is 9.53 Å². The summed E-state index contributed by atoms with van der Waals surface area (Å²) in [7, 11) is 0. The molecular weight excluding hydrogens is 298 g/mol. The molecule has 116 valence electrons. The molecule has 22 heavy (non-hydrogen) atoms. The molecule has 0 saturated heterocycles. The molecule has 0 aliphatic carbocycles. The van der Waals surface area contributed by atoms with Crippen LogP contribution in [0.2, 0.25) is 0 Å². The first kappa shape index (κ1) is 15.0. The van der Waals surface area contributed by atoms with Crippen molar-refractivity contribution in [1.82, 2.24) is 10.2 Å². The summed E-state index contributed by atoms with van der Waals surface area (Å²) in [6.45, 7) is 4.75. The highest BCUT2D eigenvalue weighted by Crippen LogP contribution is 2.45. The first-order valence-electron chi connectivity index (χ1n) is 7.38. The molecule has 3 rings (SSSR count). The van der Waals surface area contributed by atoms with E-state index >= 15 is 0 Å². The predicted octanol–water partition coefficient (Wildman–Crippen LogP) is 3.28. The molecule has 1 atom stereocenters. The minimum Gasteiger partial charge on any atom is -0.493 e. The average Bonchev–Trinajstić information content (AvgIpc) is 2.78. The summed E-state index contributed by atoms with van der Waals surface area (Å²) in [5, 5.41) is 10.1. The van der Waals surface area contributed by atoms with Gasteiger partial charge in [-0.15, -0.1) is 11.8 Å². The first-order chi connectivity index (χ1) is 10.7. The molecule has 1 aliphatic heterocycles. The second-order valence-corrected chi connectivity index (χ2v) is 6.33. The zero-order valence-corrected chi connectivity index (χ0v) is 13.5. The van der Waals surface area contributed by atoms with E-state index in [1.54, 1.807) is 11.8 Å². The second kappa shape index (κ2) is 6.44. The molecule has 1 aliphatic rings. The number of amides is 1. The maximum absolute atomic E-state index is 11.9. The molecule has 1 unspecified atom stereocenters. The van der Waals surface area contributed by atoms with E-state index in [4.69, 9.17) is 4.74 Å². The molecule has 2 aromatic rings. The van der Waals surface area contributed by atoms with Gasteiger partial charge in [0.05, 0.1) is 17.6 Å². The van der Waals surface area contributed by atoms with E-state index < -0.39 is 0 Å². The fourth-order valence-electron chi connectivity index (χ4n) is 2.55. The summed E-state index contributed by atoms with van der Waals surface area (Å²) in [4.78, 5) is 11.9. The molecule has 0 spiro atoms. The fourth-order valence-corrected chi connectivity index (χ4v) is 3.77. The summed E-state index contributed by atoms with van der Waals surface area (Å²) >= 11 is 1.60. The number of nitrogens with one attached hydrogen (secondary N) is 2. The SMILES string of the molecule is CCCOc1ccccc1C1SCC(=O)Nc2n[nH]c(C)c21. The number of hydrogen-bond donors (Lipinski definition) is 2. The number of H-pyrrole nitrogens is 1. The maximum Gasteiger partial charge on any atom is 0.235 e. The van der Waals surface area contributed by atoms with Crippen LogP contribution in [0.5, 0.6) is 5.75 Å². The van der Waals surface area contributed by atoms with E-state index in [0.717, 1.165) is 29.0 Å². The molecule has 0 bridgehead atoms. The number of thioether (sulfide) groups is 1. The van der Waals surface area contributed by atoms with E-state index in [2.05, 4.69) is 28.5 Å². The fraction of sp³-hybridized carbons (Fsp3) is 0.375. The number of carbonyl (C=O) groups is 1. The minimum absolute atomic E-state index is 0.0211. The Hall–Kier alpha value is -1.95. The summed E-state index contributed by atoms with van der Waals surface area (Å²) in [6.07, 6.45) is 0.960. The number of hydrogen-bond acceptors (Lipinski definition) is 4. The normalized spacial score (nSPS) is 17.5. The monoisotopic (exact) mass is 317 g/mol. The Morgan fingerprint density at radius 1 is 1.41 bits per heavy atom. The lowest BCUT2D eigenvalue weighted by molar-refractivity contribution is -0.113. The van der Waals surface area contributed by atoms with Gasteiger partial charge in [-0.05, 0) is 19.4 Å². The molecule has 6 heteroatoms. The molecule has 0 radical (unpaired) electrons. The third kappa shape index (κ3) is 2.83. The first-order valence-corrected chi connectivity index (χ1v) is 8.43. The molecule has 2 N–H and O–H groups in total. The zero-order valence-electron chi connectivity index (χ0n) is 12.7. The van der Waals surface area contributed by atoms with E-state index in [9.17, 15) is 4.79 Å². The molecule has 0 fully saturated rings. The number of carbonyl (C=O) groups excluding carboxylic acids is 1. The van der Waals surface area contributed by atoms with Crippen LogP contribution in [-0.4, -0.2) is 28.5 Å². The molecule has 0 saturated carbocycles. The van der Waals surface area contributed by atoms with Gasteiger partial charge in [0.15, 0.2) is 5.82 Å². The number of nitrogens with zero attached hydrogens (tertiary/aromatic N) is 1. The topological polar surface area (TPSA) is 67.0 Å². The van der Waals surface area contributed by atoms with Gasteiger partial charge in [-0.1, -0.05) is 25.1 Å². The van der Waals surface area contributed by atoms with E-state index in [0.29, 0.717) is 18.2 Å². The van der Waals surface area contributed by atoms with Gasteiger partial charge in [-0.3, -0.25) is 9.89 Å². The highest BCUT2D eigenvalue weighted by atomic mass is 32.2. The van der Waals surface area contributed by atoms with Gasteiger partial charge < -0.3 is 10.1 Å². The van der Waals surface area contributed by atoms with Gasteiger partial charge in [0.2, 0.25) is 5.91 Å². The standard InChI is InChI=1S/C16H19N3O2S/c1-3-8-21-12-7-5-4-6-11(12)15-14-10(2)18-19-16(14)17-13(20)9-22-15/h4-7,15H,3,8-9H2,1-2H3,(H2,17,18,19,20). The number of aromatic nitrogens is 2. The number of benzene rings is 1. The van der Waals surface area contributed by atoms with Crippen LogP contribution in [-0.2, 0) is 4.79 Å². The lowest BCUT2D eigenvalue weighted by Crippen LogP contribution is -2.12. The van der Waals surface area contributed by atoms with Crippen LogP contribution in [0.3, 0.4) is 0 Å². The summed E-state index contributed by atoms with van der Waals surface area (Å²) in [5.74, 6) is 1.89. The van der Waals surface area contributed by atoms with Crippen molar-refractivity contribution in [2.45, 2.75) is 25.5 Å². The summed E-state index contributed by atoms with van der Waals surface area (Å²) in [5.41, 5.74) is 3.09. The number of fused-ring (bicyclic) bond motifs is 1. The second-order valence-electron chi connectivity index (χ2n) is 5.24. The highest BCUT2D eigenvalue weighted by molar-refractivity contribution is 8.00. The quantitative estimate of drug-likeness (QED) is 0.908. The van der Waals surface area contributed by atoms with Crippen LogP contribution in [0, 0.1) is 6.92 Å². The predicted molar refractivity (Wildman–Crippen MR) is 88.5 cm³/mol. The lowest BCUT2D eigenvalue weighted by Gasteiger charge is -2.19. The Morgan fingerprint density at radius 3 is 3.05 bits per heavy atom. The third-order valence-electron chi connectivity index (χ3n) is 3.56. The Balaban J connectivity index is 2.04. The van der Waals surface area contributed by atoms with Gasteiger partial charge in [0.1, 0.15) is 5.75 Å². The number of rotatable bonds is 4. The van der Waals surface area contributed by atoms with Crippen molar-refractivity contribution >= 4 is 23.5 Å². The molecular formula is C16H19N3O2S. The molecule has 1 aromatic carbocycles. The Morgan fingerprint density at radius 2 is 2.23 bits per heavy atom. The lowest BCUT2D eigenvalue weighted by atomic mass is 10.0. The van der Waals surface area contributed by atoms with Crippen molar-refractivity contribution in [1.29, 1.82) is 0 Å². The van der Waals surface area contributed by atoms with Gasteiger partial charge >= 0.3 is 0 Å². The molecule has 5 nitrogen and oxygen atoms in total. The van der Waals surface area contributed by atoms with Gasteiger partial charge in [-0.25, -0.2) is 0 Å². The van der Waals surface area contributed by atoms with Crippen molar-refractivity contribution in [3.63, 3.8) is 0 Å². The molecule has 1 aromatic heterocycles. The average molecular weight is 317 g/mol. The van der Waals surface area contributed by atoms with Crippen LogP contribution < -0.4 is 10.1 Å². The van der Waals surface area contributed by atoms with Crippen molar-refractivity contribution in [3.05, 3.63) is 41.1 Å². The van der Waals surface area contributed by atoms with E-state index in [1.165, 1.54) is 0 Å². The smallest absolute Gasteiger partial charge is 0.235 e. The summed E-state index contributed by atoms with van der Waals surface area (Å²) in [6, 6.07) is 8.03. The maximum atomic E-state index is 11.9. The van der Waals surface area contributed by atoms with E-state index in [1.807, 2.05) is 25.1 Å². The largest absolute Gasteiger partial charge is 0.493 e. The number of para-hydroxylation sites is 1. The van der Waals surface area contributed by atoms with Gasteiger partial charge in [0.25, 0.3) is 0 Å². The van der Waals surface area contributed by atoms with Crippen molar-refractivity contribution in [2.24, 2.45) is 0 Å². The minimum atomic E-state index is -0.0211. The number of aromatic amines is 1. The van der Waals surface area contributed by atoms with Crippen LogP contribution in [0.4, 0.5) is 5.82 Å². The van der Waals surface area contributed by atoms with Crippen molar-refractivity contribution in [2.75, 3.05) is 17.7 Å². The number of ether oxygens (including phenoxy) is 1. The Labute approximate surface area is 133 Å². The number of anilines is 1.